The molecule has 108 valence electrons. The summed E-state index contributed by atoms with van der Waals surface area (Å²) in [6, 6.07) is 6.32. The number of aromatic carboxylic acids is 1. The first-order valence-corrected chi connectivity index (χ1v) is 7.96. The van der Waals surface area contributed by atoms with Gasteiger partial charge in [0.15, 0.2) is 0 Å². The molecule has 5 heteroatoms. The fourth-order valence-corrected chi connectivity index (χ4v) is 3.59. The summed E-state index contributed by atoms with van der Waals surface area (Å²) in [5.41, 5.74) is 0.281. The Hall–Kier alpha value is -1.49. The van der Waals surface area contributed by atoms with Crippen LogP contribution in [0.5, 0.6) is 0 Å². The van der Waals surface area contributed by atoms with Gasteiger partial charge < -0.3 is 10.4 Å². The standard InChI is InChI=1S/C15H19NO3S/c1-20-15(8-4-5-9-15)10-16-13(17)11-6-2-3-7-12(11)14(18)19/h2-3,6-7H,4-5,8-10H2,1H3,(H,16,17)(H,18,19). The average Bonchev–Trinajstić information content (AvgIpc) is 2.94. The largest absolute Gasteiger partial charge is 0.478 e. The van der Waals surface area contributed by atoms with E-state index in [0.29, 0.717) is 6.54 Å². The molecular weight excluding hydrogens is 274 g/mol. The van der Waals surface area contributed by atoms with Crippen LogP contribution in [0.2, 0.25) is 0 Å². The van der Waals surface area contributed by atoms with Crippen molar-refractivity contribution in [1.82, 2.24) is 5.32 Å². The monoisotopic (exact) mass is 293 g/mol. The van der Waals surface area contributed by atoms with Crippen molar-refractivity contribution in [2.24, 2.45) is 0 Å². The normalized spacial score (nSPS) is 16.9. The van der Waals surface area contributed by atoms with Crippen LogP contribution < -0.4 is 5.32 Å². The Morgan fingerprint density at radius 2 is 1.85 bits per heavy atom. The number of carbonyl (C=O) groups is 2. The van der Waals surface area contributed by atoms with E-state index in [1.165, 1.54) is 18.9 Å². The average molecular weight is 293 g/mol. The molecule has 0 spiro atoms. The minimum absolute atomic E-state index is 0.0506. The van der Waals surface area contributed by atoms with E-state index in [1.807, 2.05) is 0 Å². The summed E-state index contributed by atoms with van der Waals surface area (Å²) in [7, 11) is 0. The minimum Gasteiger partial charge on any atom is -0.478 e. The zero-order valence-corrected chi connectivity index (χ0v) is 12.3. The van der Waals surface area contributed by atoms with Crippen LogP contribution in [0.1, 0.15) is 46.4 Å². The Bertz CT molecular complexity index is 510. The number of carboxylic acids is 1. The van der Waals surface area contributed by atoms with Gasteiger partial charge in [0.05, 0.1) is 11.1 Å². The van der Waals surface area contributed by atoms with Gasteiger partial charge in [0, 0.05) is 11.3 Å². The number of carbonyl (C=O) groups excluding carboxylic acids is 1. The van der Waals surface area contributed by atoms with Crippen molar-refractivity contribution in [3.8, 4) is 0 Å². The summed E-state index contributed by atoms with van der Waals surface area (Å²) in [5, 5.41) is 12.0. The second kappa shape index (κ2) is 6.31. The molecule has 0 radical (unpaired) electrons. The number of hydrogen-bond acceptors (Lipinski definition) is 3. The summed E-state index contributed by atoms with van der Waals surface area (Å²) < 4.78 is 0.119. The molecule has 4 nitrogen and oxygen atoms in total. The van der Waals surface area contributed by atoms with Crippen molar-refractivity contribution in [2.45, 2.75) is 30.4 Å². The number of amides is 1. The van der Waals surface area contributed by atoms with Gasteiger partial charge in [0.1, 0.15) is 0 Å². The SMILES string of the molecule is CSC1(CNC(=O)c2ccccc2C(=O)O)CCCC1. The molecule has 0 saturated heterocycles. The van der Waals surface area contributed by atoms with Gasteiger partial charge in [0.25, 0.3) is 5.91 Å². The summed E-state index contributed by atoms with van der Waals surface area (Å²) in [6.07, 6.45) is 6.68. The second-order valence-electron chi connectivity index (χ2n) is 5.13. The van der Waals surface area contributed by atoms with Gasteiger partial charge in [-0.05, 0) is 31.2 Å². The van der Waals surface area contributed by atoms with Crippen molar-refractivity contribution < 1.29 is 14.7 Å². The van der Waals surface area contributed by atoms with Gasteiger partial charge >= 0.3 is 5.97 Å². The summed E-state index contributed by atoms with van der Waals surface area (Å²) in [4.78, 5) is 23.3. The number of carboxylic acid groups (broad SMARTS) is 1. The molecule has 0 aliphatic heterocycles. The van der Waals surface area contributed by atoms with Crippen LogP contribution in [0.3, 0.4) is 0 Å². The molecule has 2 N–H and O–H groups in total. The molecule has 20 heavy (non-hydrogen) atoms. The van der Waals surface area contributed by atoms with Crippen molar-refractivity contribution in [3.63, 3.8) is 0 Å². The fourth-order valence-electron chi connectivity index (χ4n) is 2.68. The Kier molecular flexibility index (Phi) is 4.70. The minimum atomic E-state index is -1.07. The predicted molar refractivity (Wildman–Crippen MR) is 80.4 cm³/mol. The molecule has 1 aliphatic rings. The fraction of sp³-hybridized carbons (Fsp3) is 0.467. The lowest BCUT2D eigenvalue weighted by Gasteiger charge is -2.27. The van der Waals surface area contributed by atoms with E-state index >= 15 is 0 Å². The van der Waals surface area contributed by atoms with Crippen LogP contribution in [0.4, 0.5) is 0 Å². The molecule has 1 aliphatic carbocycles. The molecule has 0 unspecified atom stereocenters. The van der Waals surface area contributed by atoms with Crippen LogP contribution in [0.25, 0.3) is 0 Å². The van der Waals surface area contributed by atoms with Crippen LogP contribution in [0, 0.1) is 0 Å². The Labute approximate surface area is 123 Å². The highest BCUT2D eigenvalue weighted by atomic mass is 32.2. The molecule has 0 bridgehead atoms. The van der Waals surface area contributed by atoms with Crippen molar-refractivity contribution >= 4 is 23.6 Å². The molecule has 0 aromatic heterocycles. The summed E-state index contributed by atoms with van der Waals surface area (Å²) >= 11 is 1.80. The predicted octanol–water partition coefficient (Wildman–Crippen LogP) is 2.79. The van der Waals surface area contributed by atoms with E-state index in [4.69, 9.17) is 5.11 Å². The first-order chi connectivity index (χ1) is 9.58. The molecule has 0 heterocycles. The topological polar surface area (TPSA) is 66.4 Å². The van der Waals surface area contributed by atoms with Crippen molar-refractivity contribution in [3.05, 3.63) is 35.4 Å². The van der Waals surface area contributed by atoms with Crippen LogP contribution in [-0.2, 0) is 0 Å². The van der Waals surface area contributed by atoms with E-state index in [-0.39, 0.29) is 21.8 Å². The highest BCUT2D eigenvalue weighted by Gasteiger charge is 2.33. The molecule has 0 atom stereocenters. The number of nitrogens with one attached hydrogen (secondary N) is 1. The zero-order valence-electron chi connectivity index (χ0n) is 11.5. The quantitative estimate of drug-likeness (QED) is 0.876. The van der Waals surface area contributed by atoms with Gasteiger partial charge in [0.2, 0.25) is 0 Å². The molecule has 1 aromatic carbocycles. The number of thioether (sulfide) groups is 1. The lowest BCUT2D eigenvalue weighted by molar-refractivity contribution is 0.0691. The summed E-state index contributed by atoms with van der Waals surface area (Å²) in [5.74, 6) is -1.38. The molecule has 2 rings (SSSR count). The molecule has 1 saturated carbocycles. The van der Waals surface area contributed by atoms with Crippen molar-refractivity contribution in [1.29, 1.82) is 0 Å². The third-order valence-corrected chi connectivity index (χ3v) is 5.34. The maximum Gasteiger partial charge on any atom is 0.336 e. The molecule has 1 aromatic rings. The Morgan fingerprint density at radius 3 is 2.40 bits per heavy atom. The second-order valence-corrected chi connectivity index (χ2v) is 6.40. The number of rotatable bonds is 5. The number of hydrogen-bond donors (Lipinski definition) is 2. The Balaban J connectivity index is 2.07. The van der Waals surface area contributed by atoms with E-state index in [9.17, 15) is 9.59 Å². The van der Waals surface area contributed by atoms with Gasteiger partial charge in [-0.1, -0.05) is 25.0 Å². The third kappa shape index (κ3) is 3.15. The van der Waals surface area contributed by atoms with Gasteiger partial charge in [-0.3, -0.25) is 4.79 Å². The van der Waals surface area contributed by atoms with Crippen LogP contribution in [-0.4, -0.2) is 34.5 Å². The molecule has 1 amide bonds. The first kappa shape index (κ1) is 14.9. The number of benzene rings is 1. The lowest BCUT2D eigenvalue weighted by Crippen LogP contribution is -2.38. The third-order valence-electron chi connectivity index (χ3n) is 3.92. The van der Waals surface area contributed by atoms with Crippen molar-refractivity contribution in [2.75, 3.05) is 12.8 Å². The zero-order chi connectivity index (χ0) is 14.6. The van der Waals surface area contributed by atoms with E-state index in [1.54, 1.807) is 30.0 Å². The first-order valence-electron chi connectivity index (χ1n) is 6.74. The van der Waals surface area contributed by atoms with Gasteiger partial charge in [-0.2, -0.15) is 11.8 Å². The molecule has 1 fully saturated rings. The Morgan fingerprint density at radius 1 is 1.25 bits per heavy atom. The molecular formula is C15H19NO3S. The van der Waals surface area contributed by atoms with E-state index < -0.39 is 5.97 Å². The van der Waals surface area contributed by atoms with E-state index in [2.05, 4.69) is 11.6 Å². The highest BCUT2D eigenvalue weighted by Crippen LogP contribution is 2.39. The highest BCUT2D eigenvalue weighted by molar-refractivity contribution is 8.00. The summed E-state index contributed by atoms with van der Waals surface area (Å²) in [6.45, 7) is 0.598. The van der Waals surface area contributed by atoms with Gasteiger partial charge in [-0.15, -0.1) is 0 Å². The lowest BCUT2D eigenvalue weighted by atomic mass is 10.1. The van der Waals surface area contributed by atoms with Crippen LogP contribution in [0.15, 0.2) is 24.3 Å². The maximum absolute atomic E-state index is 12.2. The van der Waals surface area contributed by atoms with E-state index in [0.717, 1.165) is 12.8 Å². The smallest absolute Gasteiger partial charge is 0.336 e. The maximum atomic E-state index is 12.2. The van der Waals surface area contributed by atoms with Crippen LogP contribution >= 0.6 is 11.8 Å². The van der Waals surface area contributed by atoms with Gasteiger partial charge in [-0.25, -0.2) is 4.79 Å².